The number of carbonyl (C=O) groups excluding carboxylic acids is 1. The molecule has 1 saturated heterocycles. The molecule has 0 spiro atoms. The van der Waals surface area contributed by atoms with Gasteiger partial charge in [0.25, 0.3) is 0 Å². The van der Waals surface area contributed by atoms with E-state index in [1.54, 1.807) is 0 Å². The zero-order valence-corrected chi connectivity index (χ0v) is 10.3. The number of nitrogens with zero attached hydrogens (tertiary/aromatic N) is 1. The van der Waals surface area contributed by atoms with Crippen molar-refractivity contribution in [3.05, 3.63) is 0 Å². The fraction of sp³-hybridized carbons (Fsp3) is 0.909. The standard InChI is InChI=1S/C11H18F3NO3/c1-17-10(16)9-2-4-15(5-3-9)6-7-18-8-11(12,13)14/h9H,2-8H2,1H3. The Balaban J connectivity index is 2.11. The second-order valence-corrected chi connectivity index (χ2v) is 4.31. The number of methoxy groups -OCH3 is 1. The highest BCUT2D eigenvalue weighted by atomic mass is 19.4. The molecule has 0 aliphatic carbocycles. The molecule has 1 aliphatic rings. The van der Waals surface area contributed by atoms with Crippen LogP contribution in [0.5, 0.6) is 0 Å². The topological polar surface area (TPSA) is 38.8 Å². The molecular weight excluding hydrogens is 251 g/mol. The van der Waals surface area contributed by atoms with E-state index in [-0.39, 0.29) is 18.5 Å². The van der Waals surface area contributed by atoms with Gasteiger partial charge in [0.05, 0.1) is 19.6 Å². The highest BCUT2D eigenvalue weighted by Crippen LogP contribution is 2.18. The van der Waals surface area contributed by atoms with Gasteiger partial charge in [0.1, 0.15) is 6.61 Å². The van der Waals surface area contributed by atoms with Gasteiger partial charge >= 0.3 is 12.1 Å². The van der Waals surface area contributed by atoms with E-state index < -0.39 is 12.8 Å². The Labute approximate surface area is 104 Å². The molecule has 0 aromatic carbocycles. The zero-order chi connectivity index (χ0) is 13.6. The molecule has 0 atom stereocenters. The lowest BCUT2D eigenvalue weighted by Crippen LogP contribution is -2.38. The SMILES string of the molecule is COC(=O)C1CCN(CCOCC(F)(F)F)CC1. The zero-order valence-electron chi connectivity index (χ0n) is 10.3. The van der Waals surface area contributed by atoms with Gasteiger partial charge in [0.2, 0.25) is 0 Å². The molecule has 0 radical (unpaired) electrons. The van der Waals surface area contributed by atoms with Crippen LogP contribution in [0.3, 0.4) is 0 Å². The fourth-order valence-electron chi connectivity index (χ4n) is 1.94. The van der Waals surface area contributed by atoms with Gasteiger partial charge in [-0.15, -0.1) is 0 Å². The monoisotopic (exact) mass is 269 g/mol. The maximum atomic E-state index is 11.8. The average Bonchev–Trinajstić information content (AvgIpc) is 2.33. The van der Waals surface area contributed by atoms with Crippen LogP contribution in [-0.2, 0) is 14.3 Å². The number of carbonyl (C=O) groups is 1. The summed E-state index contributed by atoms with van der Waals surface area (Å²) in [5.74, 6) is -0.287. The first kappa shape index (κ1) is 15.2. The number of alkyl halides is 3. The Morgan fingerprint density at radius 2 is 1.94 bits per heavy atom. The summed E-state index contributed by atoms with van der Waals surface area (Å²) in [6.45, 7) is 0.697. The lowest BCUT2D eigenvalue weighted by Gasteiger charge is -2.30. The second kappa shape index (κ2) is 6.94. The molecule has 1 aliphatic heterocycles. The van der Waals surface area contributed by atoms with Crippen molar-refractivity contribution in [1.29, 1.82) is 0 Å². The number of likely N-dealkylation sites (tertiary alicyclic amines) is 1. The van der Waals surface area contributed by atoms with Crippen LogP contribution in [0.15, 0.2) is 0 Å². The molecule has 0 aromatic heterocycles. The summed E-state index contributed by atoms with van der Waals surface area (Å²) < 4.78 is 44.6. The number of hydrogen-bond acceptors (Lipinski definition) is 4. The normalized spacial score (nSPS) is 18.9. The molecular formula is C11H18F3NO3. The van der Waals surface area contributed by atoms with Crippen LogP contribution >= 0.6 is 0 Å². The summed E-state index contributed by atoms with van der Waals surface area (Å²) in [7, 11) is 1.36. The molecule has 4 nitrogen and oxygen atoms in total. The summed E-state index contributed by atoms with van der Waals surface area (Å²) in [6, 6.07) is 0. The Bertz CT molecular complexity index is 263. The highest BCUT2D eigenvalue weighted by molar-refractivity contribution is 5.72. The maximum Gasteiger partial charge on any atom is 0.411 e. The van der Waals surface area contributed by atoms with Gasteiger partial charge in [0.15, 0.2) is 0 Å². The highest BCUT2D eigenvalue weighted by Gasteiger charge is 2.28. The van der Waals surface area contributed by atoms with Crippen LogP contribution < -0.4 is 0 Å². The minimum Gasteiger partial charge on any atom is -0.469 e. The third-order valence-corrected chi connectivity index (χ3v) is 2.94. The Morgan fingerprint density at radius 1 is 1.33 bits per heavy atom. The minimum atomic E-state index is -4.27. The van der Waals surface area contributed by atoms with E-state index in [2.05, 4.69) is 9.47 Å². The number of piperidine rings is 1. The van der Waals surface area contributed by atoms with Crippen LogP contribution in [0.2, 0.25) is 0 Å². The Hall–Kier alpha value is -0.820. The van der Waals surface area contributed by atoms with Crippen molar-refractivity contribution in [2.75, 3.05) is 40.0 Å². The number of ether oxygens (including phenoxy) is 2. The maximum absolute atomic E-state index is 11.8. The lowest BCUT2D eigenvalue weighted by molar-refractivity contribution is -0.174. The molecule has 0 unspecified atom stereocenters. The third kappa shape index (κ3) is 5.68. The van der Waals surface area contributed by atoms with Crippen LogP contribution in [0.1, 0.15) is 12.8 Å². The van der Waals surface area contributed by atoms with E-state index in [0.29, 0.717) is 32.5 Å². The number of esters is 1. The van der Waals surface area contributed by atoms with Crippen LogP contribution in [0.4, 0.5) is 13.2 Å². The molecule has 0 amide bonds. The van der Waals surface area contributed by atoms with Gasteiger partial charge in [-0.2, -0.15) is 13.2 Å². The van der Waals surface area contributed by atoms with Gasteiger partial charge in [-0.1, -0.05) is 0 Å². The van der Waals surface area contributed by atoms with Crippen molar-refractivity contribution in [3.63, 3.8) is 0 Å². The van der Waals surface area contributed by atoms with E-state index in [9.17, 15) is 18.0 Å². The largest absolute Gasteiger partial charge is 0.469 e. The van der Waals surface area contributed by atoms with Crippen LogP contribution in [0, 0.1) is 5.92 Å². The molecule has 0 aromatic rings. The molecule has 1 fully saturated rings. The van der Waals surface area contributed by atoms with E-state index in [4.69, 9.17) is 0 Å². The molecule has 0 saturated carbocycles. The van der Waals surface area contributed by atoms with Gasteiger partial charge in [-0.05, 0) is 25.9 Å². The smallest absolute Gasteiger partial charge is 0.411 e. The summed E-state index contributed by atoms with van der Waals surface area (Å²) >= 11 is 0. The molecule has 1 rings (SSSR count). The van der Waals surface area contributed by atoms with Crippen molar-refractivity contribution >= 4 is 5.97 Å². The Morgan fingerprint density at radius 3 is 2.44 bits per heavy atom. The van der Waals surface area contributed by atoms with E-state index >= 15 is 0 Å². The van der Waals surface area contributed by atoms with Crippen molar-refractivity contribution in [1.82, 2.24) is 4.90 Å². The van der Waals surface area contributed by atoms with E-state index in [1.165, 1.54) is 7.11 Å². The summed E-state index contributed by atoms with van der Waals surface area (Å²) in [4.78, 5) is 13.2. The number of hydrogen-bond donors (Lipinski definition) is 0. The molecule has 106 valence electrons. The average molecular weight is 269 g/mol. The predicted octanol–water partition coefficient (Wildman–Crippen LogP) is 1.45. The molecule has 18 heavy (non-hydrogen) atoms. The molecule has 0 bridgehead atoms. The first-order valence-electron chi connectivity index (χ1n) is 5.87. The Kier molecular flexibility index (Phi) is 5.87. The van der Waals surface area contributed by atoms with Gasteiger partial charge < -0.3 is 14.4 Å². The lowest BCUT2D eigenvalue weighted by atomic mass is 9.97. The van der Waals surface area contributed by atoms with E-state index in [1.807, 2.05) is 4.90 Å². The van der Waals surface area contributed by atoms with E-state index in [0.717, 1.165) is 0 Å². The van der Waals surface area contributed by atoms with Gasteiger partial charge in [-0.25, -0.2) is 0 Å². The number of halogens is 3. The summed E-state index contributed by atoms with van der Waals surface area (Å²) in [5, 5.41) is 0. The van der Waals surface area contributed by atoms with Crippen molar-refractivity contribution < 1.29 is 27.4 Å². The minimum absolute atomic E-state index is 0.0579. The quantitative estimate of drug-likeness (QED) is 0.559. The van der Waals surface area contributed by atoms with Crippen molar-refractivity contribution in [2.24, 2.45) is 5.92 Å². The first-order valence-corrected chi connectivity index (χ1v) is 5.87. The third-order valence-electron chi connectivity index (χ3n) is 2.94. The first-order chi connectivity index (χ1) is 8.42. The van der Waals surface area contributed by atoms with Crippen LogP contribution in [-0.4, -0.2) is 57.0 Å². The van der Waals surface area contributed by atoms with Crippen molar-refractivity contribution in [2.45, 2.75) is 19.0 Å². The van der Waals surface area contributed by atoms with Gasteiger partial charge in [-0.3, -0.25) is 4.79 Å². The summed E-state index contributed by atoms with van der Waals surface area (Å²) in [6.07, 6.45) is -2.89. The van der Waals surface area contributed by atoms with Crippen LogP contribution in [0.25, 0.3) is 0 Å². The second-order valence-electron chi connectivity index (χ2n) is 4.31. The van der Waals surface area contributed by atoms with Gasteiger partial charge in [0, 0.05) is 6.54 Å². The molecule has 1 heterocycles. The molecule has 0 N–H and O–H groups in total. The number of rotatable bonds is 5. The predicted molar refractivity (Wildman–Crippen MR) is 58.1 cm³/mol. The van der Waals surface area contributed by atoms with Crippen molar-refractivity contribution in [3.8, 4) is 0 Å². The fourth-order valence-corrected chi connectivity index (χ4v) is 1.94. The summed E-state index contributed by atoms with van der Waals surface area (Å²) in [5.41, 5.74) is 0. The molecule has 7 heteroatoms.